The molecule has 0 radical (unpaired) electrons. The molecule has 3 nitrogen and oxygen atoms in total. The highest BCUT2D eigenvalue weighted by Gasteiger charge is 2.33. The summed E-state index contributed by atoms with van der Waals surface area (Å²) in [6.45, 7) is 4.34. The van der Waals surface area contributed by atoms with Gasteiger partial charge in [-0.15, -0.1) is 0 Å². The zero-order valence-electron chi connectivity index (χ0n) is 13.0. The van der Waals surface area contributed by atoms with Crippen LogP contribution in [-0.4, -0.2) is 27.4 Å². The van der Waals surface area contributed by atoms with E-state index in [0.29, 0.717) is 11.5 Å². The molecule has 112 valence electrons. The number of rotatable bonds is 5. The molecule has 1 N–H and O–H groups in total. The third-order valence-electron chi connectivity index (χ3n) is 3.92. The van der Waals surface area contributed by atoms with E-state index in [-0.39, 0.29) is 0 Å². The van der Waals surface area contributed by atoms with Crippen molar-refractivity contribution in [2.45, 2.75) is 18.8 Å². The number of hydrogen-bond acceptors (Lipinski definition) is 3. The fourth-order valence-electron chi connectivity index (χ4n) is 2.47. The molecule has 0 aliphatic heterocycles. The van der Waals surface area contributed by atoms with Gasteiger partial charge in [-0.2, -0.15) is 0 Å². The molecule has 21 heavy (non-hydrogen) atoms. The standard InChI is InChI=1S/C17H22O3Si/c1-19-15-11-10-13(12-16(15)20-2)17(18)21(3,4)14-8-6-5-7-9-14/h5-12,17-18H,1-4H3. The molecule has 0 saturated carbocycles. The minimum Gasteiger partial charge on any atom is -0.493 e. The molecule has 0 saturated heterocycles. The summed E-state index contributed by atoms with van der Waals surface area (Å²) in [5, 5.41) is 12.1. The maximum Gasteiger partial charge on any atom is 0.161 e. The quantitative estimate of drug-likeness (QED) is 0.863. The van der Waals surface area contributed by atoms with Gasteiger partial charge in [-0.05, 0) is 17.7 Å². The number of methoxy groups -OCH3 is 2. The van der Waals surface area contributed by atoms with E-state index in [2.05, 4.69) is 25.2 Å². The van der Waals surface area contributed by atoms with Crippen molar-refractivity contribution >= 4 is 13.3 Å². The Morgan fingerprint density at radius 1 is 0.905 bits per heavy atom. The van der Waals surface area contributed by atoms with Gasteiger partial charge in [0.05, 0.1) is 19.9 Å². The minimum absolute atomic E-state index is 0.500. The van der Waals surface area contributed by atoms with E-state index in [1.54, 1.807) is 14.2 Å². The first kappa shape index (κ1) is 15.6. The van der Waals surface area contributed by atoms with E-state index >= 15 is 0 Å². The molecule has 1 unspecified atom stereocenters. The van der Waals surface area contributed by atoms with Gasteiger partial charge in [0, 0.05) is 0 Å². The molecule has 4 heteroatoms. The van der Waals surface area contributed by atoms with Gasteiger partial charge in [-0.3, -0.25) is 0 Å². The lowest BCUT2D eigenvalue weighted by Crippen LogP contribution is -2.47. The second-order valence-electron chi connectivity index (χ2n) is 5.60. The lowest BCUT2D eigenvalue weighted by Gasteiger charge is -2.29. The Balaban J connectivity index is 2.37. The Bertz CT molecular complexity index is 596. The molecular weight excluding hydrogens is 280 g/mol. The number of hydrogen-bond donors (Lipinski definition) is 1. The van der Waals surface area contributed by atoms with Crippen molar-refractivity contribution in [2.24, 2.45) is 0 Å². The molecule has 0 spiro atoms. The first-order valence-corrected chi connectivity index (χ1v) is 10.0. The maximum absolute atomic E-state index is 10.9. The van der Waals surface area contributed by atoms with E-state index < -0.39 is 13.8 Å². The van der Waals surface area contributed by atoms with Crippen molar-refractivity contribution in [2.75, 3.05) is 14.2 Å². The summed E-state index contributed by atoms with van der Waals surface area (Å²) in [4.78, 5) is 0. The molecule has 0 aliphatic rings. The first-order valence-electron chi connectivity index (χ1n) is 6.96. The molecule has 2 aromatic rings. The van der Waals surface area contributed by atoms with E-state index in [9.17, 15) is 5.11 Å². The monoisotopic (exact) mass is 302 g/mol. The van der Waals surface area contributed by atoms with Gasteiger partial charge in [0.1, 0.15) is 8.07 Å². The summed E-state index contributed by atoms with van der Waals surface area (Å²) in [6.07, 6.45) is 0. The average Bonchev–Trinajstić information content (AvgIpc) is 2.54. The molecule has 0 aliphatic carbocycles. The predicted octanol–water partition coefficient (Wildman–Crippen LogP) is 2.89. The predicted molar refractivity (Wildman–Crippen MR) is 88.1 cm³/mol. The Morgan fingerprint density at radius 2 is 1.52 bits per heavy atom. The van der Waals surface area contributed by atoms with Gasteiger partial charge in [0.2, 0.25) is 0 Å². The fourth-order valence-corrected chi connectivity index (χ4v) is 4.85. The maximum atomic E-state index is 10.9. The molecule has 2 aromatic carbocycles. The summed E-state index contributed by atoms with van der Waals surface area (Å²) in [7, 11) is 1.18. The van der Waals surface area contributed by atoms with E-state index in [4.69, 9.17) is 9.47 Å². The van der Waals surface area contributed by atoms with Crippen LogP contribution in [0.1, 0.15) is 11.3 Å². The topological polar surface area (TPSA) is 38.7 Å². The van der Waals surface area contributed by atoms with Crippen LogP contribution in [0.3, 0.4) is 0 Å². The van der Waals surface area contributed by atoms with Crippen molar-refractivity contribution in [1.82, 2.24) is 0 Å². The number of ether oxygens (including phenoxy) is 2. The van der Waals surface area contributed by atoms with Gasteiger partial charge < -0.3 is 14.6 Å². The molecule has 2 rings (SSSR count). The second kappa shape index (κ2) is 6.33. The van der Waals surface area contributed by atoms with Crippen molar-refractivity contribution in [3.05, 3.63) is 54.1 Å². The minimum atomic E-state index is -2.03. The lowest BCUT2D eigenvalue weighted by molar-refractivity contribution is 0.250. The molecule has 1 atom stereocenters. The van der Waals surface area contributed by atoms with Gasteiger partial charge in [0.15, 0.2) is 11.5 Å². The van der Waals surface area contributed by atoms with Crippen LogP contribution in [0.15, 0.2) is 48.5 Å². The van der Waals surface area contributed by atoms with Crippen LogP contribution in [0.2, 0.25) is 13.1 Å². The normalized spacial score (nSPS) is 12.8. The van der Waals surface area contributed by atoms with Crippen molar-refractivity contribution in [1.29, 1.82) is 0 Å². The van der Waals surface area contributed by atoms with Crippen molar-refractivity contribution in [3.8, 4) is 11.5 Å². The smallest absolute Gasteiger partial charge is 0.161 e. The highest BCUT2D eigenvalue weighted by molar-refractivity contribution is 6.90. The average molecular weight is 302 g/mol. The summed E-state index contributed by atoms with van der Waals surface area (Å²) >= 11 is 0. The van der Waals surface area contributed by atoms with E-state index in [1.165, 1.54) is 5.19 Å². The van der Waals surface area contributed by atoms with Crippen LogP contribution in [-0.2, 0) is 0 Å². The summed E-state index contributed by atoms with van der Waals surface area (Å²) in [6, 6.07) is 15.8. The van der Waals surface area contributed by atoms with Gasteiger partial charge in [-0.25, -0.2) is 0 Å². The van der Waals surface area contributed by atoms with Gasteiger partial charge in [-0.1, -0.05) is 54.7 Å². The molecule has 0 heterocycles. The Hall–Kier alpha value is -1.78. The number of benzene rings is 2. The largest absolute Gasteiger partial charge is 0.493 e. The van der Waals surface area contributed by atoms with Crippen LogP contribution in [0, 0.1) is 0 Å². The molecule has 0 fully saturated rings. The Morgan fingerprint density at radius 3 is 2.10 bits per heavy atom. The van der Waals surface area contributed by atoms with Crippen LogP contribution in [0.25, 0.3) is 0 Å². The van der Waals surface area contributed by atoms with Crippen molar-refractivity contribution in [3.63, 3.8) is 0 Å². The highest BCUT2D eigenvalue weighted by Crippen LogP contribution is 2.32. The molecule has 0 amide bonds. The highest BCUT2D eigenvalue weighted by atomic mass is 28.3. The first-order chi connectivity index (χ1) is 10.0. The van der Waals surface area contributed by atoms with E-state index in [0.717, 1.165) is 5.56 Å². The molecular formula is C17H22O3Si. The zero-order valence-corrected chi connectivity index (χ0v) is 14.0. The SMILES string of the molecule is COc1ccc(C(O)[Si](C)(C)c2ccccc2)cc1OC. The summed E-state index contributed by atoms with van der Waals surface area (Å²) in [5.74, 6) is 1.32. The van der Waals surface area contributed by atoms with Crippen LogP contribution in [0.4, 0.5) is 0 Å². The third-order valence-corrected chi connectivity index (χ3v) is 7.45. The zero-order chi connectivity index (χ0) is 15.5. The Kier molecular flexibility index (Phi) is 4.70. The van der Waals surface area contributed by atoms with Crippen molar-refractivity contribution < 1.29 is 14.6 Å². The number of aliphatic hydroxyl groups excluding tert-OH is 1. The van der Waals surface area contributed by atoms with Crippen LogP contribution in [0.5, 0.6) is 11.5 Å². The second-order valence-corrected chi connectivity index (χ2v) is 10.2. The summed E-state index contributed by atoms with van der Waals surface area (Å²) < 4.78 is 10.6. The van der Waals surface area contributed by atoms with Gasteiger partial charge in [0.25, 0.3) is 0 Å². The third kappa shape index (κ3) is 3.12. The Labute approximate surface area is 127 Å². The van der Waals surface area contributed by atoms with Crippen LogP contribution < -0.4 is 14.7 Å². The van der Waals surface area contributed by atoms with Crippen LogP contribution >= 0.6 is 0 Å². The summed E-state index contributed by atoms with van der Waals surface area (Å²) in [5.41, 5.74) is 0.368. The lowest BCUT2D eigenvalue weighted by atomic mass is 10.2. The van der Waals surface area contributed by atoms with E-state index in [1.807, 2.05) is 36.4 Å². The number of aliphatic hydroxyl groups is 1. The van der Waals surface area contributed by atoms with Gasteiger partial charge >= 0.3 is 0 Å². The molecule has 0 bridgehead atoms. The fraction of sp³-hybridized carbons (Fsp3) is 0.294. The molecule has 0 aromatic heterocycles.